The van der Waals surface area contributed by atoms with Crippen molar-refractivity contribution >= 4 is 11.4 Å². The third-order valence-electron chi connectivity index (χ3n) is 3.11. The minimum Gasteiger partial charge on any atom is -0.330 e. The first-order chi connectivity index (χ1) is 8.40. The number of benzene rings is 2. The third kappa shape index (κ3) is 1.57. The van der Waals surface area contributed by atoms with Gasteiger partial charge in [0.05, 0.1) is 5.70 Å². The highest BCUT2D eigenvalue weighted by atomic mass is 15.2. The lowest BCUT2D eigenvalue weighted by Gasteiger charge is -2.18. The third-order valence-corrected chi connectivity index (χ3v) is 3.11. The number of anilines is 1. The largest absolute Gasteiger partial charge is 0.330 e. The molecule has 0 amide bonds. The van der Waals surface area contributed by atoms with Gasteiger partial charge >= 0.3 is 0 Å². The zero-order valence-corrected chi connectivity index (χ0v) is 9.56. The maximum atomic E-state index is 3.81. The average Bonchev–Trinajstić information content (AvgIpc) is 2.78. The van der Waals surface area contributed by atoms with Crippen LogP contribution in [0.1, 0.15) is 11.1 Å². The summed E-state index contributed by atoms with van der Waals surface area (Å²) in [5.74, 6) is 0. The predicted octanol–water partition coefficient (Wildman–Crippen LogP) is 3.83. The second-order valence-corrected chi connectivity index (χ2v) is 4.10. The van der Waals surface area contributed by atoms with Gasteiger partial charge in [0, 0.05) is 17.8 Å². The summed E-state index contributed by atoms with van der Waals surface area (Å²) in [6, 6.07) is 18.8. The standard InChI is InChI=1S/C16H13N/c1-2-16-15-11-7-6-8-13(15)12-17(16)14-9-4-3-5-10-14/h3-11H,1,12H2. The number of para-hydroxylation sites is 1. The Kier molecular flexibility index (Phi) is 2.32. The van der Waals surface area contributed by atoms with Crippen molar-refractivity contribution in [3.05, 3.63) is 78.0 Å². The summed E-state index contributed by atoms with van der Waals surface area (Å²) in [5.41, 5.74) is 7.90. The van der Waals surface area contributed by atoms with Gasteiger partial charge in [-0.3, -0.25) is 0 Å². The van der Waals surface area contributed by atoms with E-state index < -0.39 is 0 Å². The summed E-state index contributed by atoms with van der Waals surface area (Å²) in [7, 11) is 0. The summed E-state index contributed by atoms with van der Waals surface area (Å²) in [6.07, 6.45) is 0. The normalized spacial score (nSPS) is 13.4. The summed E-state index contributed by atoms with van der Waals surface area (Å²) in [5, 5.41) is 0. The minimum absolute atomic E-state index is 0.901. The van der Waals surface area contributed by atoms with E-state index in [4.69, 9.17) is 0 Å². The second-order valence-electron chi connectivity index (χ2n) is 4.10. The minimum atomic E-state index is 0.901. The van der Waals surface area contributed by atoms with Crippen molar-refractivity contribution in [1.82, 2.24) is 0 Å². The Labute approximate surface area is 101 Å². The molecule has 1 heteroatoms. The first kappa shape index (κ1) is 9.95. The fourth-order valence-corrected chi connectivity index (χ4v) is 2.30. The monoisotopic (exact) mass is 219 g/mol. The molecule has 0 atom stereocenters. The topological polar surface area (TPSA) is 3.24 Å². The Morgan fingerprint density at radius 1 is 0.941 bits per heavy atom. The number of rotatable bonds is 1. The molecule has 82 valence electrons. The van der Waals surface area contributed by atoms with Crippen LogP contribution in [0.15, 0.2) is 66.9 Å². The molecule has 0 N–H and O–H groups in total. The fourth-order valence-electron chi connectivity index (χ4n) is 2.30. The van der Waals surface area contributed by atoms with Crippen LogP contribution in [0.5, 0.6) is 0 Å². The van der Waals surface area contributed by atoms with Crippen LogP contribution in [0.3, 0.4) is 0 Å². The lowest BCUT2D eigenvalue weighted by atomic mass is 10.1. The Bertz CT molecular complexity index is 592. The summed E-state index contributed by atoms with van der Waals surface area (Å²) in [6.45, 7) is 4.71. The summed E-state index contributed by atoms with van der Waals surface area (Å²) in [4.78, 5) is 2.25. The van der Waals surface area contributed by atoms with Crippen molar-refractivity contribution in [3.63, 3.8) is 0 Å². The average molecular weight is 219 g/mol. The first-order valence-corrected chi connectivity index (χ1v) is 5.71. The van der Waals surface area contributed by atoms with Crippen LogP contribution in [-0.4, -0.2) is 0 Å². The Hall–Kier alpha value is -2.24. The zero-order valence-electron chi connectivity index (χ0n) is 9.56. The van der Waals surface area contributed by atoms with Gasteiger partial charge in [-0.1, -0.05) is 49.0 Å². The van der Waals surface area contributed by atoms with Crippen LogP contribution in [-0.2, 0) is 6.54 Å². The Morgan fingerprint density at radius 2 is 1.65 bits per heavy atom. The van der Waals surface area contributed by atoms with Gasteiger partial charge in [0.2, 0.25) is 0 Å². The fraction of sp³-hybridized carbons (Fsp3) is 0.0625. The first-order valence-electron chi connectivity index (χ1n) is 5.71. The van der Waals surface area contributed by atoms with E-state index >= 15 is 0 Å². The molecule has 0 unspecified atom stereocenters. The number of fused-ring (bicyclic) bond motifs is 1. The Morgan fingerprint density at radius 3 is 2.41 bits per heavy atom. The van der Waals surface area contributed by atoms with E-state index in [1.54, 1.807) is 0 Å². The van der Waals surface area contributed by atoms with E-state index in [2.05, 4.69) is 65.7 Å². The molecule has 1 aliphatic heterocycles. The molecular weight excluding hydrogens is 206 g/mol. The van der Waals surface area contributed by atoms with Crippen molar-refractivity contribution in [2.24, 2.45) is 0 Å². The molecule has 1 aliphatic rings. The van der Waals surface area contributed by atoms with Crippen molar-refractivity contribution in [3.8, 4) is 0 Å². The van der Waals surface area contributed by atoms with Gasteiger partial charge in [0.15, 0.2) is 0 Å². The smallest absolute Gasteiger partial charge is 0.0918 e. The molecule has 17 heavy (non-hydrogen) atoms. The van der Waals surface area contributed by atoms with Crippen LogP contribution in [0.4, 0.5) is 5.69 Å². The lowest BCUT2D eigenvalue weighted by Crippen LogP contribution is -2.12. The highest BCUT2D eigenvalue weighted by Crippen LogP contribution is 2.35. The molecule has 1 heterocycles. The van der Waals surface area contributed by atoms with Gasteiger partial charge in [-0.05, 0) is 17.7 Å². The number of hydrogen-bond acceptors (Lipinski definition) is 1. The number of hydrogen-bond donors (Lipinski definition) is 0. The van der Waals surface area contributed by atoms with E-state index in [1.807, 2.05) is 6.07 Å². The van der Waals surface area contributed by atoms with E-state index in [0.717, 1.165) is 12.2 Å². The molecule has 0 saturated carbocycles. The van der Waals surface area contributed by atoms with E-state index in [0.29, 0.717) is 0 Å². The molecular formula is C16H13N. The van der Waals surface area contributed by atoms with Gasteiger partial charge in [-0.2, -0.15) is 0 Å². The molecule has 0 spiro atoms. The van der Waals surface area contributed by atoms with Gasteiger partial charge in [-0.15, -0.1) is 5.73 Å². The molecule has 3 rings (SSSR count). The van der Waals surface area contributed by atoms with E-state index in [9.17, 15) is 0 Å². The zero-order chi connectivity index (χ0) is 11.7. The van der Waals surface area contributed by atoms with Crippen LogP contribution >= 0.6 is 0 Å². The van der Waals surface area contributed by atoms with Gasteiger partial charge < -0.3 is 4.90 Å². The van der Waals surface area contributed by atoms with Gasteiger partial charge in [0.25, 0.3) is 0 Å². The maximum absolute atomic E-state index is 3.81. The van der Waals surface area contributed by atoms with Gasteiger partial charge in [-0.25, -0.2) is 0 Å². The van der Waals surface area contributed by atoms with Crippen molar-refractivity contribution in [1.29, 1.82) is 0 Å². The molecule has 0 radical (unpaired) electrons. The van der Waals surface area contributed by atoms with Gasteiger partial charge in [0.1, 0.15) is 0 Å². The van der Waals surface area contributed by atoms with Crippen molar-refractivity contribution in [2.45, 2.75) is 6.54 Å². The van der Waals surface area contributed by atoms with Crippen LogP contribution in [0.2, 0.25) is 0 Å². The number of nitrogens with zero attached hydrogens (tertiary/aromatic N) is 1. The maximum Gasteiger partial charge on any atom is 0.0918 e. The molecule has 1 nitrogen and oxygen atoms in total. The molecule has 2 aromatic carbocycles. The lowest BCUT2D eigenvalue weighted by molar-refractivity contribution is 1.04. The predicted molar refractivity (Wildman–Crippen MR) is 71.6 cm³/mol. The van der Waals surface area contributed by atoms with Crippen LogP contribution in [0, 0.1) is 0 Å². The molecule has 2 aromatic rings. The highest BCUT2D eigenvalue weighted by Gasteiger charge is 2.23. The van der Waals surface area contributed by atoms with E-state index in [1.165, 1.54) is 16.8 Å². The van der Waals surface area contributed by atoms with Crippen molar-refractivity contribution in [2.75, 3.05) is 4.90 Å². The summed E-state index contributed by atoms with van der Waals surface area (Å²) >= 11 is 0. The molecule has 0 aliphatic carbocycles. The molecule has 0 saturated heterocycles. The molecule has 0 fully saturated rings. The quantitative estimate of drug-likeness (QED) is 0.659. The van der Waals surface area contributed by atoms with Crippen molar-refractivity contribution < 1.29 is 0 Å². The van der Waals surface area contributed by atoms with Crippen LogP contribution < -0.4 is 4.90 Å². The molecule has 0 aromatic heterocycles. The summed E-state index contributed by atoms with van der Waals surface area (Å²) < 4.78 is 0. The van der Waals surface area contributed by atoms with E-state index in [-0.39, 0.29) is 0 Å². The second kappa shape index (κ2) is 3.97. The SMILES string of the molecule is C=C=C1c2ccccc2CN1c1ccccc1. The van der Waals surface area contributed by atoms with Crippen LogP contribution in [0.25, 0.3) is 5.70 Å². The highest BCUT2D eigenvalue weighted by molar-refractivity contribution is 5.84. The molecule has 0 bridgehead atoms. The Balaban J connectivity index is 2.10.